The normalized spacial score (nSPS) is 20.6. The van der Waals surface area contributed by atoms with Gasteiger partial charge < -0.3 is 24.1 Å². The first-order valence-electron chi connectivity index (χ1n) is 10.5. The number of hydrogen-bond donors (Lipinski definition) is 2. The molecule has 2 aliphatic heterocycles. The van der Waals surface area contributed by atoms with Crippen molar-refractivity contribution >= 4 is 11.8 Å². The van der Waals surface area contributed by atoms with Crippen LogP contribution in [0.4, 0.5) is 0 Å². The highest BCUT2D eigenvalue weighted by Gasteiger charge is 2.34. The second-order valence-corrected chi connectivity index (χ2v) is 8.08. The highest BCUT2D eigenvalue weighted by molar-refractivity contribution is 6.01. The van der Waals surface area contributed by atoms with Crippen molar-refractivity contribution in [1.29, 1.82) is 0 Å². The number of H-pyrrole nitrogens is 1. The van der Waals surface area contributed by atoms with Gasteiger partial charge in [-0.1, -0.05) is 0 Å². The number of likely N-dealkylation sites (tertiary alicyclic amines) is 1. The van der Waals surface area contributed by atoms with Gasteiger partial charge in [0, 0.05) is 30.5 Å². The fourth-order valence-corrected chi connectivity index (χ4v) is 4.65. The zero-order chi connectivity index (χ0) is 21.3. The van der Waals surface area contributed by atoms with Gasteiger partial charge in [-0.25, -0.2) is 4.79 Å². The number of aryl methyl sites for hydroxylation is 1. The molecule has 0 radical (unpaired) electrons. The molecule has 0 amide bonds. The molecule has 0 saturated carbocycles. The average molecular weight is 413 g/mol. The molecule has 4 rings (SSSR count). The number of quaternary nitrogens is 1. The maximum Gasteiger partial charge on any atom is 0.339 e. The summed E-state index contributed by atoms with van der Waals surface area (Å²) in [4.78, 5) is 29.5. The number of aromatic nitrogens is 1. The van der Waals surface area contributed by atoms with Crippen LogP contribution in [0.5, 0.6) is 11.5 Å². The molecule has 2 N–H and O–H groups in total. The van der Waals surface area contributed by atoms with Crippen LogP contribution in [0.2, 0.25) is 0 Å². The molecule has 1 aromatic heterocycles. The molecule has 7 heteroatoms. The molecule has 0 bridgehead atoms. The van der Waals surface area contributed by atoms with E-state index in [1.165, 1.54) is 17.6 Å². The Balaban J connectivity index is 1.53. The molecule has 2 aromatic rings. The molecule has 0 aliphatic carbocycles. The molecular weight excluding hydrogens is 384 g/mol. The maximum atomic E-state index is 13.1. The van der Waals surface area contributed by atoms with Crippen molar-refractivity contribution in [3.05, 3.63) is 46.3 Å². The number of Topliss-reactive ketones (excluding diaryl/α,β-unsaturated/α-hetero) is 1. The average Bonchev–Trinajstić information content (AvgIpc) is 3.22. The standard InChI is InChI=1S/C23H28N2O5/c1-14-21(23(27)28-3)15(2)24-22(14)18(26)13-25-9-4-6-17(25)16-7-8-19-20(12-16)30-11-5-10-29-19/h7-8,12,17,24H,4-6,9-11,13H2,1-3H3/p+1/t17-/m0/s1. The Morgan fingerprint density at radius 3 is 2.70 bits per heavy atom. The Morgan fingerprint density at radius 1 is 1.17 bits per heavy atom. The van der Waals surface area contributed by atoms with Gasteiger partial charge in [0.15, 0.2) is 11.5 Å². The first kappa shape index (κ1) is 20.5. The molecule has 1 unspecified atom stereocenters. The lowest BCUT2D eigenvalue weighted by atomic mass is 10.0. The third-order valence-electron chi connectivity index (χ3n) is 6.15. The van der Waals surface area contributed by atoms with E-state index in [1.807, 2.05) is 6.07 Å². The van der Waals surface area contributed by atoms with Crippen molar-refractivity contribution in [1.82, 2.24) is 4.98 Å². The summed E-state index contributed by atoms with van der Waals surface area (Å²) in [6.07, 6.45) is 2.97. The number of methoxy groups -OCH3 is 1. The van der Waals surface area contributed by atoms with Gasteiger partial charge in [-0.2, -0.15) is 0 Å². The van der Waals surface area contributed by atoms with Crippen LogP contribution in [0.15, 0.2) is 18.2 Å². The quantitative estimate of drug-likeness (QED) is 0.580. The van der Waals surface area contributed by atoms with Crippen LogP contribution in [0, 0.1) is 13.8 Å². The first-order valence-corrected chi connectivity index (χ1v) is 10.5. The van der Waals surface area contributed by atoms with Gasteiger partial charge in [0.25, 0.3) is 0 Å². The summed E-state index contributed by atoms with van der Waals surface area (Å²) < 4.78 is 16.4. The predicted molar refractivity (Wildman–Crippen MR) is 111 cm³/mol. The van der Waals surface area contributed by atoms with Gasteiger partial charge in [-0.15, -0.1) is 0 Å². The zero-order valence-electron chi connectivity index (χ0n) is 17.8. The Labute approximate surface area is 176 Å². The van der Waals surface area contributed by atoms with Gasteiger partial charge in [-0.3, -0.25) is 4.79 Å². The van der Waals surface area contributed by atoms with Gasteiger partial charge in [-0.05, 0) is 37.6 Å². The Morgan fingerprint density at radius 2 is 1.93 bits per heavy atom. The van der Waals surface area contributed by atoms with Gasteiger partial charge in [0.05, 0.1) is 38.1 Å². The van der Waals surface area contributed by atoms with Crippen LogP contribution >= 0.6 is 0 Å². The third kappa shape index (κ3) is 3.81. The van der Waals surface area contributed by atoms with E-state index in [2.05, 4.69) is 17.1 Å². The summed E-state index contributed by atoms with van der Waals surface area (Å²) >= 11 is 0. The summed E-state index contributed by atoms with van der Waals surface area (Å²) in [5, 5.41) is 0. The minimum Gasteiger partial charge on any atom is -0.490 e. The topological polar surface area (TPSA) is 82.1 Å². The van der Waals surface area contributed by atoms with Crippen molar-refractivity contribution in [2.75, 3.05) is 33.4 Å². The number of ketones is 1. The second kappa shape index (κ2) is 8.52. The summed E-state index contributed by atoms with van der Waals surface area (Å²) in [5.41, 5.74) is 3.46. The minimum atomic E-state index is -0.418. The molecule has 1 fully saturated rings. The molecule has 7 nitrogen and oxygen atoms in total. The van der Waals surface area contributed by atoms with Crippen molar-refractivity contribution < 1.29 is 28.7 Å². The van der Waals surface area contributed by atoms with Gasteiger partial charge in [0.1, 0.15) is 12.6 Å². The summed E-state index contributed by atoms with van der Waals surface area (Å²) in [6.45, 7) is 6.23. The summed E-state index contributed by atoms with van der Waals surface area (Å²) in [6, 6.07) is 6.38. The van der Waals surface area contributed by atoms with Crippen LogP contribution in [0.3, 0.4) is 0 Å². The largest absolute Gasteiger partial charge is 0.490 e. The summed E-state index contributed by atoms with van der Waals surface area (Å²) in [7, 11) is 1.35. The highest BCUT2D eigenvalue weighted by Crippen LogP contribution is 2.33. The predicted octanol–water partition coefficient (Wildman–Crippen LogP) is 2.18. The molecule has 3 heterocycles. The maximum absolute atomic E-state index is 13.1. The Hall–Kier alpha value is -2.80. The van der Waals surface area contributed by atoms with Crippen LogP contribution in [0.1, 0.15) is 63.0 Å². The fourth-order valence-electron chi connectivity index (χ4n) is 4.65. The number of ether oxygens (including phenoxy) is 3. The van der Waals surface area contributed by atoms with Crippen LogP contribution in [-0.2, 0) is 4.74 Å². The number of carbonyl (C=O) groups excluding carboxylic acids is 2. The molecule has 30 heavy (non-hydrogen) atoms. The number of aromatic amines is 1. The monoisotopic (exact) mass is 413 g/mol. The van der Waals surface area contributed by atoms with Crippen molar-refractivity contribution in [3.8, 4) is 11.5 Å². The summed E-state index contributed by atoms with van der Waals surface area (Å²) in [5.74, 6) is 1.18. The fraction of sp³-hybridized carbons (Fsp3) is 0.478. The van der Waals surface area contributed by atoms with Crippen molar-refractivity contribution in [3.63, 3.8) is 0 Å². The van der Waals surface area contributed by atoms with Crippen molar-refractivity contribution in [2.24, 2.45) is 0 Å². The van der Waals surface area contributed by atoms with E-state index in [-0.39, 0.29) is 11.8 Å². The Kier molecular flexibility index (Phi) is 5.81. The van der Waals surface area contributed by atoms with Crippen LogP contribution < -0.4 is 14.4 Å². The molecule has 1 aromatic carbocycles. The molecule has 1 saturated heterocycles. The van der Waals surface area contributed by atoms with E-state index in [9.17, 15) is 9.59 Å². The van der Waals surface area contributed by atoms with E-state index in [1.54, 1.807) is 13.8 Å². The lowest BCUT2D eigenvalue weighted by Crippen LogP contribution is -3.11. The van der Waals surface area contributed by atoms with Gasteiger partial charge in [0.2, 0.25) is 5.78 Å². The number of benzene rings is 1. The van der Waals surface area contributed by atoms with Crippen LogP contribution in [-0.4, -0.2) is 50.1 Å². The van der Waals surface area contributed by atoms with E-state index < -0.39 is 5.97 Å². The lowest BCUT2D eigenvalue weighted by molar-refractivity contribution is -0.910. The number of nitrogens with one attached hydrogen (secondary N) is 2. The molecule has 2 atom stereocenters. The van der Waals surface area contributed by atoms with Gasteiger partial charge >= 0.3 is 5.97 Å². The zero-order valence-corrected chi connectivity index (χ0v) is 17.8. The molecule has 160 valence electrons. The second-order valence-electron chi connectivity index (χ2n) is 8.08. The first-order chi connectivity index (χ1) is 14.5. The van der Waals surface area contributed by atoms with Crippen molar-refractivity contribution in [2.45, 2.75) is 39.2 Å². The molecule has 0 spiro atoms. The Bertz CT molecular complexity index is 965. The van der Waals surface area contributed by atoms with E-state index >= 15 is 0 Å². The van der Waals surface area contributed by atoms with Crippen LogP contribution in [0.25, 0.3) is 0 Å². The highest BCUT2D eigenvalue weighted by atomic mass is 16.5. The molecular formula is C23H29N2O5+. The van der Waals surface area contributed by atoms with E-state index in [0.29, 0.717) is 42.3 Å². The lowest BCUT2D eigenvalue weighted by Gasteiger charge is -2.22. The van der Waals surface area contributed by atoms with E-state index in [0.717, 1.165) is 37.3 Å². The number of esters is 1. The van der Waals surface area contributed by atoms with E-state index in [4.69, 9.17) is 14.2 Å². The number of rotatable bonds is 5. The number of fused-ring (bicyclic) bond motifs is 1. The third-order valence-corrected chi connectivity index (χ3v) is 6.15. The SMILES string of the molecule is COC(=O)c1c(C)[nH]c(C(=O)C[NH+]2CCC[C@H]2c2ccc3c(c2)OCCCO3)c1C. The minimum absolute atomic E-state index is 0.0157. The number of carbonyl (C=O) groups is 2. The molecule has 2 aliphatic rings. The smallest absolute Gasteiger partial charge is 0.339 e. The number of hydrogen-bond acceptors (Lipinski definition) is 5.